The predicted octanol–water partition coefficient (Wildman–Crippen LogP) is 2.23. The van der Waals surface area contributed by atoms with Crippen LogP contribution in [0, 0.1) is 0 Å². The number of nitrogens with zero attached hydrogens (tertiary/aromatic N) is 1. The van der Waals surface area contributed by atoms with Crippen LogP contribution in [0.4, 0.5) is 0 Å². The fraction of sp³-hybridized carbons (Fsp3) is 0.409. The molecule has 0 bridgehead atoms. The first kappa shape index (κ1) is 21.6. The van der Waals surface area contributed by atoms with Crippen molar-refractivity contribution in [2.45, 2.75) is 36.7 Å². The lowest BCUT2D eigenvalue weighted by Crippen LogP contribution is -2.38. The largest absolute Gasteiger partial charge is 0.454 e. The topological polar surface area (TPSA) is 105 Å². The van der Waals surface area contributed by atoms with Crippen LogP contribution >= 0.6 is 0 Å². The van der Waals surface area contributed by atoms with Crippen molar-refractivity contribution in [3.63, 3.8) is 0 Å². The maximum absolute atomic E-state index is 12.7. The normalized spacial score (nSPS) is 18.4. The maximum Gasteiger partial charge on any atom is 0.251 e. The van der Waals surface area contributed by atoms with E-state index < -0.39 is 21.5 Å². The van der Waals surface area contributed by atoms with E-state index in [1.165, 1.54) is 28.6 Å². The Labute approximate surface area is 181 Å². The first-order chi connectivity index (χ1) is 14.8. The van der Waals surface area contributed by atoms with Crippen LogP contribution in [0.5, 0.6) is 11.5 Å². The lowest BCUT2D eigenvalue weighted by atomic mass is 9.95. The molecule has 0 aromatic heterocycles. The molecule has 2 N–H and O–H groups in total. The van der Waals surface area contributed by atoms with Gasteiger partial charge in [-0.3, -0.25) is 4.79 Å². The molecule has 1 amide bonds. The van der Waals surface area contributed by atoms with E-state index in [0.717, 1.165) is 19.3 Å². The van der Waals surface area contributed by atoms with Crippen LogP contribution in [0.1, 0.15) is 42.1 Å². The molecule has 8 nitrogen and oxygen atoms in total. The van der Waals surface area contributed by atoms with Crippen LogP contribution < -0.4 is 14.8 Å². The molecule has 1 unspecified atom stereocenters. The molecule has 0 spiro atoms. The molecule has 0 saturated carbocycles. The summed E-state index contributed by atoms with van der Waals surface area (Å²) in [7, 11) is -3.54. The van der Waals surface area contributed by atoms with Gasteiger partial charge in [0.05, 0.1) is 11.4 Å². The average molecular weight is 447 g/mol. The summed E-state index contributed by atoms with van der Waals surface area (Å²) in [6.07, 6.45) is 2.77. The number of carbonyl (C=O) groups excluding carboxylic acids is 1. The van der Waals surface area contributed by atoms with Gasteiger partial charge in [-0.15, -0.1) is 0 Å². The van der Waals surface area contributed by atoms with Gasteiger partial charge in [-0.1, -0.05) is 12.5 Å². The number of amides is 1. The second-order valence-electron chi connectivity index (χ2n) is 8.01. The Bertz CT molecular complexity index is 1060. The highest BCUT2D eigenvalue weighted by atomic mass is 32.2. The third-order valence-corrected chi connectivity index (χ3v) is 7.57. The van der Waals surface area contributed by atoms with Crippen molar-refractivity contribution in [2.24, 2.45) is 0 Å². The summed E-state index contributed by atoms with van der Waals surface area (Å²) < 4.78 is 37.6. The zero-order valence-electron chi connectivity index (χ0n) is 17.3. The van der Waals surface area contributed by atoms with Crippen LogP contribution in [0.25, 0.3) is 0 Å². The Morgan fingerprint density at radius 2 is 1.74 bits per heavy atom. The minimum atomic E-state index is -3.54. The van der Waals surface area contributed by atoms with Gasteiger partial charge in [-0.2, -0.15) is 4.31 Å². The van der Waals surface area contributed by atoms with E-state index in [2.05, 4.69) is 5.32 Å². The van der Waals surface area contributed by atoms with Crippen LogP contribution in [-0.2, 0) is 15.6 Å². The van der Waals surface area contributed by atoms with Gasteiger partial charge >= 0.3 is 0 Å². The van der Waals surface area contributed by atoms with Gasteiger partial charge in [-0.05, 0) is 61.7 Å². The molecule has 31 heavy (non-hydrogen) atoms. The Hall–Kier alpha value is -2.62. The highest BCUT2D eigenvalue weighted by molar-refractivity contribution is 7.89. The van der Waals surface area contributed by atoms with Gasteiger partial charge in [0.25, 0.3) is 5.91 Å². The molecule has 4 rings (SSSR count). The molecule has 166 valence electrons. The van der Waals surface area contributed by atoms with Gasteiger partial charge in [0.1, 0.15) is 5.60 Å². The second-order valence-corrected chi connectivity index (χ2v) is 9.95. The summed E-state index contributed by atoms with van der Waals surface area (Å²) in [5.74, 6) is 0.765. The molecule has 2 aliphatic rings. The first-order valence-electron chi connectivity index (χ1n) is 10.3. The molecule has 1 fully saturated rings. The number of nitrogens with one attached hydrogen (secondary N) is 1. The second kappa shape index (κ2) is 8.49. The molecule has 0 aliphatic carbocycles. The van der Waals surface area contributed by atoms with Crippen LogP contribution in [0.2, 0.25) is 0 Å². The fourth-order valence-corrected chi connectivity index (χ4v) is 5.24. The molecule has 2 aromatic rings. The number of fused-ring (bicyclic) bond motifs is 1. The third-order valence-electron chi connectivity index (χ3n) is 5.66. The number of ether oxygens (including phenoxy) is 2. The van der Waals surface area contributed by atoms with Gasteiger partial charge < -0.3 is 19.9 Å². The monoisotopic (exact) mass is 446 g/mol. The molecular formula is C22H26N2O6S. The summed E-state index contributed by atoms with van der Waals surface area (Å²) in [5.41, 5.74) is -0.423. The number of aliphatic hydroxyl groups is 1. The number of hydrogen-bond acceptors (Lipinski definition) is 6. The smallest absolute Gasteiger partial charge is 0.251 e. The molecule has 2 aliphatic heterocycles. The number of carbonyl (C=O) groups is 1. The molecule has 1 saturated heterocycles. The first-order valence-corrected chi connectivity index (χ1v) is 11.7. The predicted molar refractivity (Wildman–Crippen MR) is 114 cm³/mol. The maximum atomic E-state index is 12.7. The van der Waals surface area contributed by atoms with E-state index in [9.17, 15) is 18.3 Å². The molecule has 0 radical (unpaired) electrons. The lowest BCUT2D eigenvalue weighted by Gasteiger charge is -2.26. The summed E-state index contributed by atoms with van der Waals surface area (Å²) in [4.78, 5) is 12.7. The number of sulfonamides is 1. The zero-order valence-corrected chi connectivity index (χ0v) is 18.2. The minimum absolute atomic E-state index is 0.0285. The van der Waals surface area contributed by atoms with E-state index in [4.69, 9.17) is 9.47 Å². The number of hydrogen-bond donors (Lipinski definition) is 2. The standard InChI is InChI=1S/C22H26N2O6S/c1-22(26,17-7-10-19-20(13-17)30-15-29-19)14-23-21(25)16-5-8-18(9-6-16)31(27,28)24-11-3-2-4-12-24/h5-10,13,26H,2-4,11-12,14-15H2,1H3,(H,23,25). The summed E-state index contributed by atoms with van der Waals surface area (Å²) in [5, 5.41) is 13.5. The summed E-state index contributed by atoms with van der Waals surface area (Å²) >= 11 is 0. The van der Waals surface area contributed by atoms with Crippen LogP contribution in [0.15, 0.2) is 47.4 Å². The van der Waals surface area contributed by atoms with Crippen molar-refractivity contribution >= 4 is 15.9 Å². The van der Waals surface area contributed by atoms with Crippen molar-refractivity contribution in [1.82, 2.24) is 9.62 Å². The van der Waals surface area contributed by atoms with Gasteiger partial charge in [0.2, 0.25) is 16.8 Å². The van der Waals surface area contributed by atoms with Crippen LogP contribution in [0.3, 0.4) is 0 Å². The van der Waals surface area contributed by atoms with Gasteiger partial charge in [-0.25, -0.2) is 8.42 Å². The SMILES string of the molecule is CC(O)(CNC(=O)c1ccc(S(=O)(=O)N2CCCCC2)cc1)c1ccc2c(c1)OCO2. The quantitative estimate of drug-likeness (QED) is 0.705. The molecular weight excluding hydrogens is 420 g/mol. The Kier molecular flexibility index (Phi) is 5.92. The van der Waals surface area contributed by atoms with E-state index in [1.54, 1.807) is 25.1 Å². The fourth-order valence-electron chi connectivity index (χ4n) is 3.72. The highest BCUT2D eigenvalue weighted by Crippen LogP contribution is 2.35. The van der Waals surface area contributed by atoms with Crippen molar-refractivity contribution in [3.05, 3.63) is 53.6 Å². The lowest BCUT2D eigenvalue weighted by molar-refractivity contribution is 0.0525. The van der Waals surface area contributed by atoms with E-state index >= 15 is 0 Å². The summed E-state index contributed by atoms with van der Waals surface area (Å²) in [6.45, 7) is 2.76. The van der Waals surface area contributed by atoms with Crippen molar-refractivity contribution < 1.29 is 27.8 Å². The molecule has 1 atom stereocenters. The third kappa shape index (κ3) is 4.53. The van der Waals surface area contributed by atoms with Crippen molar-refractivity contribution in [2.75, 3.05) is 26.4 Å². The Morgan fingerprint density at radius 1 is 1.06 bits per heavy atom. The van der Waals surface area contributed by atoms with Gasteiger partial charge in [0.15, 0.2) is 11.5 Å². The Balaban J connectivity index is 1.40. The molecule has 9 heteroatoms. The highest BCUT2D eigenvalue weighted by Gasteiger charge is 2.28. The number of benzene rings is 2. The average Bonchev–Trinajstić information content (AvgIpc) is 3.26. The molecule has 2 aromatic carbocycles. The van der Waals surface area contributed by atoms with Gasteiger partial charge in [0, 0.05) is 18.7 Å². The van der Waals surface area contributed by atoms with E-state index in [0.29, 0.717) is 35.7 Å². The number of piperidine rings is 1. The number of rotatable bonds is 6. The molecule has 2 heterocycles. The van der Waals surface area contributed by atoms with E-state index in [1.807, 2.05) is 0 Å². The minimum Gasteiger partial charge on any atom is -0.454 e. The van der Waals surface area contributed by atoms with Crippen molar-refractivity contribution in [1.29, 1.82) is 0 Å². The van der Waals surface area contributed by atoms with E-state index in [-0.39, 0.29) is 18.2 Å². The van der Waals surface area contributed by atoms with Crippen molar-refractivity contribution in [3.8, 4) is 11.5 Å². The van der Waals surface area contributed by atoms with Crippen LogP contribution in [-0.4, -0.2) is 50.2 Å². The Morgan fingerprint density at radius 3 is 2.45 bits per heavy atom. The summed E-state index contributed by atoms with van der Waals surface area (Å²) in [6, 6.07) is 11.0. The zero-order chi connectivity index (χ0) is 22.1.